The lowest BCUT2D eigenvalue weighted by molar-refractivity contribution is 0.372. The van der Waals surface area contributed by atoms with Gasteiger partial charge in [0.05, 0.1) is 23.3 Å². The van der Waals surface area contributed by atoms with E-state index in [1.165, 1.54) is 0 Å². The molecule has 2 aromatic heterocycles. The van der Waals surface area contributed by atoms with E-state index in [0.29, 0.717) is 18.3 Å². The van der Waals surface area contributed by atoms with Gasteiger partial charge in [0.2, 0.25) is 0 Å². The Balaban J connectivity index is 1.67. The van der Waals surface area contributed by atoms with Crippen LogP contribution in [0.2, 0.25) is 5.02 Å². The van der Waals surface area contributed by atoms with Crippen LogP contribution in [0.3, 0.4) is 0 Å². The zero-order chi connectivity index (χ0) is 18.3. The second-order valence-electron chi connectivity index (χ2n) is 7.08. The standard InChI is InChI=1S/C19H22ClN5O/c1-12-16(17-22-18(24-26-17)19(21)9-5-6-10-19)13(2)25(23-12)11-14-7-3-4-8-15(14)20/h3-4,7-8H,5-6,9-11,21H2,1-2H3. The summed E-state index contributed by atoms with van der Waals surface area (Å²) in [6, 6.07) is 7.78. The molecule has 136 valence electrons. The lowest BCUT2D eigenvalue weighted by atomic mass is 9.98. The van der Waals surface area contributed by atoms with Gasteiger partial charge in [0.15, 0.2) is 5.82 Å². The van der Waals surface area contributed by atoms with Crippen molar-refractivity contribution in [1.29, 1.82) is 0 Å². The summed E-state index contributed by atoms with van der Waals surface area (Å²) in [6.45, 7) is 4.54. The van der Waals surface area contributed by atoms with Crippen molar-refractivity contribution in [2.75, 3.05) is 0 Å². The van der Waals surface area contributed by atoms with Gasteiger partial charge in [-0.3, -0.25) is 4.68 Å². The Morgan fingerprint density at radius 1 is 1.23 bits per heavy atom. The maximum Gasteiger partial charge on any atom is 0.261 e. The molecule has 0 aliphatic heterocycles. The number of nitrogens with zero attached hydrogens (tertiary/aromatic N) is 4. The molecule has 3 aromatic rings. The number of hydrogen-bond donors (Lipinski definition) is 1. The van der Waals surface area contributed by atoms with Crippen LogP contribution >= 0.6 is 11.6 Å². The monoisotopic (exact) mass is 371 g/mol. The topological polar surface area (TPSA) is 82.8 Å². The predicted octanol–water partition coefficient (Wildman–Crippen LogP) is 3.98. The Hall–Kier alpha value is -2.18. The Morgan fingerprint density at radius 3 is 2.69 bits per heavy atom. The maximum absolute atomic E-state index is 6.45. The van der Waals surface area contributed by atoms with Crippen LogP contribution in [0.4, 0.5) is 0 Å². The highest BCUT2D eigenvalue weighted by Gasteiger charge is 2.36. The molecule has 1 aliphatic carbocycles. The van der Waals surface area contributed by atoms with E-state index < -0.39 is 5.54 Å². The quantitative estimate of drug-likeness (QED) is 0.750. The van der Waals surface area contributed by atoms with E-state index in [1.807, 2.05) is 42.8 Å². The van der Waals surface area contributed by atoms with E-state index in [0.717, 1.165) is 53.2 Å². The molecule has 6 nitrogen and oxygen atoms in total. The molecular weight excluding hydrogens is 350 g/mol. The van der Waals surface area contributed by atoms with Crippen molar-refractivity contribution in [1.82, 2.24) is 19.9 Å². The number of hydrogen-bond acceptors (Lipinski definition) is 5. The van der Waals surface area contributed by atoms with Crippen molar-refractivity contribution in [2.45, 2.75) is 51.6 Å². The van der Waals surface area contributed by atoms with Gasteiger partial charge in [-0.05, 0) is 38.3 Å². The van der Waals surface area contributed by atoms with Gasteiger partial charge in [-0.25, -0.2) is 0 Å². The minimum absolute atomic E-state index is 0.461. The number of rotatable bonds is 4. The summed E-state index contributed by atoms with van der Waals surface area (Å²) >= 11 is 6.29. The first kappa shape index (κ1) is 17.2. The molecule has 0 bridgehead atoms. The lowest BCUT2D eigenvalue weighted by Crippen LogP contribution is -2.34. The number of aromatic nitrogens is 4. The average molecular weight is 372 g/mol. The summed E-state index contributed by atoms with van der Waals surface area (Å²) in [6.07, 6.45) is 4.01. The average Bonchev–Trinajstić information content (AvgIpc) is 3.31. The smallest absolute Gasteiger partial charge is 0.261 e. The molecule has 0 atom stereocenters. The molecule has 0 unspecified atom stereocenters. The molecule has 0 radical (unpaired) electrons. The minimum atomic E-state index is -0.461. The molecule has 0 amide bonds. The van der Waals surface area contributed by atoms with Crippen molar-refractivity contribution >= 4 is 11.6 Å². The van der Waals surface area contributed by atoms with Gasteiger partial charge >= 0.3 is 0 Å². The number of benzene rings is 1. The minimum Gasteiger partial charge on any atom is -0.334 e. The fraction of sp³-hybridized carbons (Fsp3) is 0.421. The molecule has 2 N–H and O–H groups in total. The predicted molar refractivity (Wildman–Crippen MR) is 99.9 cm³/mol. The Bertz CT molecular complexity index is 939. The highest BCUT2D eigenvalue weighted by molar-refractivity contribution is 6.31. The normalized spacial score (nSPS) is 16.3. The molecule has 1 fully saturated rings. The summed E-state index contributed by atoms with van der Waals surface area (Å²) in [5.41, 5.74) is 9.70. The van der Waals surface area contributed by atoms with E-state index in [-0.39, 0.29) is 0 Å². The van der Waals surface area contributed by atoms with Crippen LogP contribution < -0.4 is 5.73 Å². The molecule has 1 aromatic carbocycles. The first-order chi connectivity index (χ1) is 12.5. The fourth-order valence-electron chi connectivity index (χ4n) is 3.71. The van der Waals surface area contributed by atoms with Crippen molar-refractivity contribution in [3.63, 3.8) is 0 Å². The number of halogens is 1. The third-order valence-electron chi connectivity index (χ3n) is 5.24. The Labute approximate surface area is 157 Å². The Kier molecular flexibility index (Phi) is 4.32. The van der Waals surface area contributed by atoms with Gasteiger partial charge in [-0.15, -0.1) is 0 Å². The first-order valence-corrected chi connectivity index (χ1v) is 9.26. The Morgan fingerprint density at radius 2 is 1.96 bits per heavy atom. The van der Waals surface area contributed by atoms with Crippen LogP contribution in [0.15, 0.2) is 28.8 Å². The third-order valence-corrected chi connectivity index (χ3v) is 5.61. The van der Waals surface area contributed by atoms with Gasteiger partial charge in [-0.2, -0.15) is 10.1 Å². The molecule has 7 heteroatoms. The van der Waals surface area contributed by atoms with Crippen LogP contribution in [0.5, 0.6) is 0 Å². The van der Waals surface area contributed by atoms with Crippen LogP contribution in [-0.2, 0) is 12.1 Å². The first-order valence-electron chi connectivity index (χ1n) is 8.89. The van der Waals surface area contributed by atoms with E-state index in [4.69, 9.17) is 21.9 Å². The summed E-state index contributed by atoms with van der Waals surface area (Å²) < 4.78 is 7.48. The summed E-state index contributed by atoms with van der Waals surface area (Å²) in [4.78, 5) is 4.61. The largest absolute Gasteiger partial charge is 0.334 e. The van der Waals surface area contributed by atoms with Crippen molar-refractivity contribution in [2.24, 2.45) is 5.73 Å². The lowest BCUT2D eigenvalue weighted by Gasteiger charge is -2.17. The van der Waals surface area contributed by atoms with Gasteiger partial charge in [0.1, 0.15) is 0 Å². The third kappa shape index (κ3) is 2.93. The summed E-state index contributed by atoms with van der Waals surface area (Å²) in [5.74, 6) is 1.08. The van der Waals surface area contributed by atoms with Crippen molar-refractivity contribution in [3.8, 4) is 11.5 Å². The zero-order valence-electron chi connectivity index (χ0n) is 15.0. The second-order valence-corrected chi connectivity index (χ2v) is 7.49. The van der Waals surface area contributed by atoms with Crippen LogP contribution in [-0.4, -0.2) is 19.9 Å². The number of aryl methyl sites for hydroxylation is 1. The van der Waals surface area contributed by atoms with Crippen molar-refractivity contribution < 1.29 is 4.52 Å². The van der Waals surface area contributed by atoms with E-state index in [2.05, 4.69) is 15.2 Å². The van der Waals surface area contributed by atoms with E-state index in [1.54, 1.807) is 0 Å². The van der Waals surface area contributed by atoms with Crippen LogP contribution in [0, 0.1) is 13.8 Å². The van der Waals surface area contributed by atoms with Gasteiger partial charge in [0, 0.05) is 10.7 Å². The molecule has 2 heterocycles. The van der Waals surface area contributed by atoms with Crippen LogP contribution in [0.1, 0.15) is 48.5 Å². The molecule has 1 saturated carbocycles. The summed E-state index contributed by atoms with van der Waals surface area (Å²) in [7, 11) is 0. The maximum atomic E-state index is 6.45. The van der Waals surface area contributed by atoms with Crippen LogP contribution in [0.25, 0.3) is 11.5 Å². The zero-order valence-corrected chi connectivity index (χ0v) is 15.8. The molecular formula is C19H22ClN5O. The molecule has 0 spiro atoms. The molecule has 0 saturated heterocycles. The fourth-order valence-corrected chi connectivity index (χ4v) is 3.90. The SMILES string of the molecule is Cc1nn(Cc2ccccc2Cl)c(C)c1-c1nc(C2(N)CCCC2)no1. The molecule has 4 rings (SSSR count). The van der Waals surface area contributed by atoms with Gasteiger partial charge < -0.3 is 10.3 Å². The van der Waals surface area contributed by atoms with E-state index in [9.17, 15) is 0 Å². The van der Waals surface area contributed by atoms with Crippen molar-refractivity contribution in [3.05, 3.63) is 52.1 Å². The highest BCUT2D eigenvalue weighted by atomic mass is 35.5. The summed E-state index contributed by atoms with van der Waals surface area (Å²) in [5, 5.41) is 9.54. The number of nitrogens with two attached hydrogens (primary N) is 1. The van der Waals surface area contributed by atoms with Gasteiger partial charge in [0.25, 0.3) is 5.89 Å². The second kappa shape index (κ2) is 6.52. The van der Waals surface area contributed by atoms with Gasteiger partial charge in [-0.1, -0.05) is 47.8 Å². The molecule has 1 aliphatic rings. The molecule has 26 heavy (non-hydrogen) atoms. The van der Waals surface area contributed by atoms with E-state index >= 15 is 0 Å². The highest BCUT2D eigenvalue weighted by Crippen LogP contribution is 2.36.